The third-order valence-corrected chi connectivity index (χ3v) is 4.10. The van der Waals surface area contributed by atoms with Crippen molar-refractivity contribution in [3.05, 3.63) is 70.7 Å². The molecule has 4 rings (SSSR count). The zero-order valence-electron chi connectivity index (χ0n) is 15.0. The minimum atomic E-state index is -4.75. The Kier molecular flexibility index (Phi) is 4.53. The second-order valence-corrected chi connectivity index (χ2v) is 6.22. The van der Waals surface area contributed by atoms with Gasteiger partial charge >= 0.3 is 6.36 Å². The van der Waals surface area contributed by atoms with Gasteiger partial charge in [0.15, 0.2) is 0 Å². The summed E-state index contributed by atoms with van der Waals surface area (Å²) in [5.41, 5.74) is 1.27. The summed E-state index contributed by atoms with van der Waals surface area (Å²) >= 11 is 0. The van der Waals surface area contributed by atoms with Crippen LogP contribution < -0.4 is 10.3 Å². The SMILES string of the molecule is Cc1cnc(Cn2nnc3ccc(-c4ccc(OC(F)(F)F)cc4)cc3c2=O)o1. The quantitative estimate of drug-likeness (QED) is 0.518. The highest BCUT2D eigenvalue weighted by Gasteiger charge is 2.30. The van der Waals surface area contributed by atoms with Gasteiger partial charge in [-0.2, -0.15) is 0 Å². The van der Waals surface area contributed by atoms with Crippen LogP contribution in [0.4, 0.5) is 13.2 Å². The first-order valence-corrected chi connectivity index (χ1v) is 8.43. The molecule has 7 nitrogen and oxygen atoms in total. The van der Waals surface area contributed by atoms with E-state index in [2.05, 4.69) is 20.0 Å². The summed E-state index contributed by atoms with van der Waals surface area (Å²) in [6.45, 7) is 1.77. The van der Waals surface area contributed by atoms with E-state index >= 15 is 0 Å². The van der Waals surface area contributed by atoms with Crippen LogP contribution in [-0.2, 0) is 6.54 Å². The van der Waals surface area contributed by atoms with Crippen molar-refractivity contribution in [3.63, 3.8) is 0 Å². The maximum Gasteiger partial charge on any atom is 0.573 e. The summed E-state index contributed by atoms with van der Waals surface area (Å²) in [5, 5.41) is 8.24. The number of aryl methyl sites for hydroxylation is 1. The fourth-order valence-electron chi connectivity index (χ4n) is 2.81. The van der Waals surface area contributed by atoms with Crippen LogP contribution in [0.3, 0.4) is 0 Å². The van der Waals surface area contributed by atoms with Gasteiger partial charge in [-0.1, -0.05) is 23.4 Å². The first-order valence-electron chi connectivity index (χ1n) is 8.43. The lowest BCUT2D eigenvalue weighted by Gasteiger charge is -2.09. The number of hydrogen-bond acceptors (Lipinski definition) is 6. The molecule has 0 aliphatic carbocycles. The highest BCUT2D eigenvalue weighted by atomic mass is 19.4. The Morgan fingerprint density at radius 2 is 1.83 bits per heavy atom. The largest absolute Gasteiger partial charge is 0.573 e. The predicted molar refractivity (Wildman–Crippen MR) is 96.3 cm³/mol. The third kappa shape index (κ3) is 4.10. The van der Waals surface area contributed by atoms with Crippen LogP contribution in [0.2, 0.25) is 0 Å². The fraction of sp³-hybridized carbons (Fsp3) is 0.158. The molecule has 0 aliphatic rings. The molecule has 2 aromatic carbocycles. The van der Waals surface area contributed by atoms with Gasteiger partial charge in [0.1, 0.15) is 23.6 Å². The standard InChI is InChI=1S/C19H13F3N4O3/c1-11-9-23-17(28-11)10-26-18(27)15-8-13(4-7-16(15)24-25-26)12-2-5-14(6-3-12)29-19(20,21)22/h2-9H,10H2,1H3. The van der Waals surface area contributed by atoms with E-state index < -0.39 is 6.36 Å². The highest BCUT2D eigenvalue weighted by Crippen LogP contribution is 2.27. The van der Waals surface area contributed by atoms with Crippen molar-refractivity contribution in [1.29, 1.82) is 0 Å². The number of halogens is 3. The minimum absolute atomic E-state index is 0.0311. The van der Waals surface area contributed by atoms with Gasteiger partial charge in [-0.05, 0) is 42.3 Å². The molecule has 0 atom stereocenters. The molecule has 0 fully saturated rings. The van der Waals surface area contributed by atoms with E-state index in [0.717, 1.165) is 4.68 Å². The van der Waals surface area contributed by atoms with Gasteiger partial charge in [0.05, 0.1) is 11.6 Å². The number of benzene rings is 2. The van der Waals surface area contributed by atoms with Crippen molar-refractivity contribution < 1.29 is 22.3 Å². The molecular formula is C19H13F3N4O3. The molecule has 0 saturated heterocycles. The van der Waals surface area contributed by atoms with Gasteiger partial charge in [-0.15, -0.1) is 18.3 Å². The predicted octanol–water partition coefficient (Wildman–Crippen LogP) is 3.70. The van der Waals surface area contributed by atoms with Crippen molar-refractivity contribution in [2.45, 2.75) is 19.8 Å². The first-order chi connectivity index (χ1) is 13.8. The summed E-state index contributed by atoms with van der Waals surface area (Å²) in [6, 6.07) is 10.3. The molecule has 0 spiro atoms. The number of hydrogen-bond donors (Lipinski definition) is 0. The van der Waals surface area contributed by atoms with Gasteiger partial charge in [-0.25, -0.2) is 9.67 Å². The van der Waals surface area contributed by atoms with E-state index in [0.29, 0.717) is 33.7 Å². The normalized spacial score (nSPS) is 11.7. The van der Waals surface area contributed by atoms with Crippen LogP contribution in [0.1, 0.15) is 11.7 Å². The van der Waals surface area contributed by atoms with Gasteiger partial charge in [0.25, 0.3) is 5.56 Å². The van der Waals surface area contributed by atoms with Crippen molar-refractivity contribution in [1.82, 2.24) is 20.0 Å². The molecule has 0 radical (unpaired) electrons. The molecule has 0 unspecified atom stereocenters. The summed E-state index contributed by atoms with van der Waals surface area (Å²) < 4.78 is 47.3. The average Bonchev–Trinajstić information content (AvgIpc) is 3.08. The molecule has 10 heteroatoms. The first kappa shape index (κ1) is 18.7. The van der Waals surface area contributed by atoms with E-state index in [1.165, 1.54) is 24.3 Å². The number of alkyl halides is 3. The lowest BCUT2D eigenvalue weighted by atomic mass is 10.0. The van der Waals surface area contributed by atoms with Crippen LogP contribution in [0.25, 0.3) is 22.0 Å². The molecule has 0 amide bonds. The monoisotopic (exact) mass is 402 g/mol. The summed E-state index contributed by atoms with van der Waals surface area (Å²) in [6.07, 6.45) is -3.21. The Balaban J connectivity index is 1.67. The Hall–Kier alpha value is -3.69. The van der Waals surface area contributed by atoms with E-state index in [-0.39, 0.29) is 17.9 Å². The Morgan fingerprint density at radius 1 is 1.10 bits per heavy atom. The van der Waals surface area contributed by atoms with Gasteiger partial charge in [-0.3, -0.25) is 4.79 Å². The van der Waals surface area contributed by atoms with Crippen molar-refractivity contribution in [2.24, 2.45) is 0 Å². The topological polar surface area (TPSA) is 83.0 Å². The van der Waals surface area contributed by atoms with Gasteiger partial charge in [0, 0.05) is 0 Å². The molecule has 0 N–H and O–H groups in total. The molecule has 0 aliphatic heterocycles. The average molecular weight is 402 g/mol. The number of oxazole rings is 1. The molecule has 2 heterocycles. The number of ether oxygens (including phenoxy) is 1. The lowest BCUT2D eigenvalue weighted by molar-refractivity contribution is -0.274. The van der Waals surface area contributed by atoms with Crippen LogP contribution in [0, 0.1) is 6.92 Å². The highest BCUT2D eigenvalue weighted by molar-refractivity contribution is 5.83. The second kappa shape index (κ2) is 7.04. The smallest absolute Gasteiger partial charge is 0.444 e. The molecule has 2 aromatic heterocycles. The zero-order chi connectivity index (χ0) is 20.6. The van der Waals surface area contributed by atoms with E-state index in [1.54, 1.807) is 31.3 Å². The van der Waals surface area contributed by atoms with Crippen LogP contribution >= 0.6 is 0 Å². The molecule has 0 bridgehead atoms. The Bertz CT molecular complexity index is 1230. The number of aromatic nitrogens is 4. The van der Waals surface area contributed by atoms with Crippen LogP contribution in [0.15, 0.2) is 57.9 Å². The molecule has 0 saturated carbocycles. The molecule has 4 aromatic rings. The third-order valence-electron chi connectivity index (χ3n) is 4.10. The van der Waals surface area contributed by atoms with E-state index in [9.17, 15) is 18.0 Å². The lowest BCUT2D eigenvalue weighted by Crippen LogP contribution is -2.25. The van der Waals surface area contributed by atoms with Crippen LogP contribution in [0.5, 0.6) is 5.75 Å². The van der Waals surface area contributed by atoms with Gasteiger partial charge in [0.2, 0.25) is 5.89 Å². The van der Waals surface area contributed by atoms with Crippen molar-refractivity contribution in [3.8, 4) is 16.9 Å². The fourth-order valence-corrected chi connectivity index (χ4v) is 2.81. The number of rotatable bonds is 4. The maximum atomic E-state index is 12.8. The van der Waals surface area contributed by atoms with Gasteiger partial charge < -0.3 is 9.15 Å². The maximum absolute atomic E-state index is 12.8. The van der Waals surface area contributed by atoms with Crippen LogP contribution in [-0.4, -0.2) is 26.3 Å². The Morgan fingerprint density at radius 3 is 2.48 bits per heavy atom. The number of nitrogens with zero attached hydrogens (tertiary/aromatic N) is 4. The second-order valence-electron chi connectivity index (χ2n) is 6.22. The summed E-state index contributed by atoms with van der Waals surface area (Å²) in [7, 11) is 0. The summed E-state index contributed by atoms with van der Waals surface area (Å²) in [5.74, 6) is 0.619. The Labute approximate surface area is 161 Å². The van der Waals surface area contributed by atoms with E-state index in [4.69, 9.17) is 4.42 Å². The molecular weight excluding hydrogens is 389 g/mol. The van der Waals surface area contributed by atoms with Crippen molar-refractivity contribution in [2.75, 3.05) is 0 Å². The number of fused-ring (bicyclic) bond motifs is 1. The minimum Gasteiger partial charge on any atom is -0.444 e. The summed E-state index contributed by atoms with van der Waals surface area (Å²) in [4.78, 5) is 16.8. The molecule has 29 heavy (non-hydrogen) atoms. The van der Waals surface area contributed by atoms with Crippen molar-refractivity contribution >= 4 is 10.9 Å². The zero-order valence-corrected chi connectivity index (χ0v) is 15.0. The van der Waals surface area contributed by atoms with E-state index in [1.807, 2.05) is 0 Å². The molecule has 148 valence electrons.